The van der Waals surface area contributed by atoms with Crippen LogP contribution in [0.5, 0.6) is 0 Å². The van der Waals surface area contributed by atoms with Gasteiger partial charge in [0.2, 0.25) is 0 Å². The van der Waals surface area contributed by atoms with Gasteiger partial charge in [-0.3, -0.25) is 0 Å². The molecule has 1 saturated heterocycles. The van der Waals surface area contributed by atoms with Crippen LogP contribution in [0, 0.1) is 0 Å². The summed E-state index contributed by atoms with van der Waals surface area (Å²) in [5.74, 6) is 1.21. The maximum atomic E-state index is 6.29. The number of anilines is 1. The smallest absolute Gasteiger partial charge is 0.0471 e. The van der Waals surface area contributed by atoms with E-state index in [1.54, 1.807) is 0 Å². The lowest BCUT2D eigenvalue weighted by Crippen LogP contribution is -2.36. The average molecular weight is 271 g/mol. The van der Waals surface area contributed by atoms with Crippen molar-refractivity contribution in [1.29, 1.82) is 0 Å². The topological polar surface area (TPSA) is 15.3 Å². The van der Waals surface area contributed by atoms with E-state index in [2.05, 4.69) is 35.3 Å². The van der Waals surface area contributed by atoms with Crippen LogP contribution in [-0.2, 0) is 6.54 Å². The van der Waals surface area contributed by atoms with Gasteiger partial charge in [0.05, 0.1) is 0 Å². The third kappa shape index (κ3) is 3.30. The van der Waals surface area contributed by atoms with Gasteiger partial charge < -0.3 is 10.2 Å². The summed E-state index contributed by atoms with van der Waals surface area (Å²) in [6.07, 6.45) is 0. The molecule has 0 radical (unpaired) electrons. The molecule has 1 aromatic carbocycles. The molecule has 1 aliphatic rings. The lowest BCUT2D eigenvalue weighted by atomic mass is 10.2. The van der Waals surface area contributed by atoms with Crippen LogP contribution in [0.1, 0.15) is 12.5 Å². The summed E-state index contributed by atoms with van der Waals surface area (Å²) in [7, 11) is 1.94. The predicted molar refractivity (Wildman–Crippen MR) is 78.3 cm³/mol. The van der Waals surface area contributed by atoms with Gasteiger partial charge in [-0.1, -0.05) is 24.6 Å². The number of nitrogens with zero attached hydrogens (tertiary/aromatic N) is 1. The van der Waals surface area contributed by atoms with Crippen molar-refractivity contribution in [2.24, 2.45) is 0 Å². The summed E-state index contributed by atoms with van der Waals surface area (Å²) < 4.78 is 0. The first-order valence-corrected chi connectivity index (χ1v) is 7.43. The number of benzene rings is 1. The first-order valence-electron chi connectivity index (χ1n) is 6.00. The number of thioether (sulfide) groups is 1. The summed E-state index contributed by atoms with van der Waals surface area (Å²) in [6, 6.07) is 6.40. The molecule has 0 aromatic heterocycles. The van der Waals surface area contributed by atoms with Crippen molar-refractivity contribution in [3.63, 3.8) is 0 Å². The van der Waals surface area contributed by atoms with Gasteiger partial charge >= 0.3 is 0 Å². The van der Waals surface area contributed by atoms with Gasteiger partial charge in [-0.05, 0) is 24.7 Å². The summed E-state index contributed by atoms with van der Waals surface area (Å²) >= 11 is 8.34. The number of nitrogens with one attached hydrogen (secondary N) is 1. The van der Waals surface area contributed by atoms with E-state index < -0.39 is 0 Å². The molecule has 2 rings (SSSR count). The van der Waals surface area contributed by atoms with E-state index in [9.17, 15) is 0 Å². The zero-order valence-electron chi connectivity index (χ0n) is 10.4. The Labute approximate surface area is 113 Å². The molecule has 17 heavy (non-hydrogen) atoms. The predicted octanol–water partition coefficient (Wildman–Crippen LogP) is 3.00. The number of hydrogen-bond donors (Lipinski definition) is 1. The summed E-state index contributed by atoms with van der Waals surface area (Å²) in [5, 5.41) is 4.70. The average Bonchev–Trinajstić information content (AvgIpc) is 2.32. The highest BCUT2D eigenvalue weighted by Crippen LogP contribution is 2.27. The maximum Gasteiger partial charge on any atom is 0.0471 e. The van der Waals surface area contributed by atoms with Crippen molar-refractivity contribution >= 4 is 29.1 Å². The fourth-order valence-corrected chi connectivity index (χ4v) is 3.37. The van der Waals surface area contributed by atoms with Crippen molar-refractivity contribution in [1.82, 2.24) is 5.32 Å². The van der Waals surface area contributed by atoms with Gasteiger partial charge in [-0.15, -0.1) is 0 Å². The molecule has 0 aliphatic carbocycles. The Hall–Kier alpha value is -0.380. The SMILES string of the molecule is CNCc1ccc(N2CCSC(C)C2)cc1Cl. The van der Waals surface area contributed by atoms with E-state index >= 15 is 0 Å². The lowest BCUT2D eigenvalue weighted by Gasteiger charge is -2.32. The lowest BCUT2D eigenvalue weighted by molar-refractivity contribution is 0.781. The second-order valence-electron chi connectivity index (χ2n) is 4.43. The fourth-order valence-electron chi connectivity index (χ4n) is 2.12. The van der Waals surface area contributed by atoms with Gasteiger partial charge in [0.25, 0.3) is 0 Å². The van der Waals surface area contributed by atoms with Crippen molar-refractivity contribution in [3.8, 4) is 0 Å². The van der Waals surface area contributed by atoms with Gasteiger partial charge in [-0.25, -0.2) is 0 Å². The molecule has 4 heteroatoms. The van der Waals surface area contributed by atoms with Crippen LogP contribution in [0.15, 0.2) is 18.2 Å². The van der Waals surface area contributed by atoms with Crippen LogP contribution in [0.4, 0.5) is 5.69 Å². The van der Waals surface area contributed by atoms with Crippen LogP contribution in [0.25, 0.3) is 0 Å². The summed E-state index contributed by atoms with van der Waals surface area (Å²) in [5.41, 5.74) is 2.42. The van der Waals surface area contributed by atoms with Crippen molar-refractivity contribution in [2.45, 2.75) is 18.7 Å². The van der Waals surface area contributed by atoms with Gasteiger partial charge in [-0.2, -0.15) is 11.8 Å². The van der Waals surface area contributed by atoms with E-state index in [0.29, 0.717) is 5.25 Å². The highest BCUT2D eigenvalue weighted by molar-refractivity contribution is 8.00. The molecular weight excluding hydrogens is 252 g/mol. The Morgan fingerprint density at radius 3 is 3.00 bits per heavy atom. The quantitative estimate of drug-likeness (QED) is 0.909. The Bertz CT molecular complexity index is 384. The molecular formula is C13H19ClN2S. The largest absolute Gasteiger partial charge is 0.370 e. The molecule has 2 nitrogen and oxygen atoms in total. The van der Waals surface area contributed by atoms with Gasteiger partial charge in [0.1, 0.15) is 0 Å². The molecule has 0 bridgehead atoms. The first-order chi connectivity index (χ1) is 8.20. The number of hydrogen-bond acceptors (Lipinski definition) is 3. The van der Waals surface area contributed by atoms with E-state index in [1.807, 2.05) is 18.8 Å². The minimum Gasteiger partial charge on any atom is -0.370 e. The van der Waals surface area contributed by atoms with E-state index in [1.165, 1.54) is 11.4 Å². The second-order valence-corrected chi connectivity index (χ2v) is 6.39. The highest BCUT2D eigenvalue weighted by Gasteiger charge is 2.17. The van der Waals surface area contributed by atoms with Crippen LogP contribution < -0.4 is 10.2 Å². The fraction of sp³-hybridized carbons (Fsp3) is 0.538. The molecule has 1 fully saturated rings. The monoisotopic (exact) mass is 270 g/mol. The molecule has 1 heterocycles. The molecule has 0 spiro atoms. The number of rotatable bonds is 3. The standard InChI is InChI=1S/C13H19ClN2S/c1-10-9-16(5-6-17-10)12-4-3-11(8-15-2)13(14)7-12/h3-4,7,10,15H,5-6,8-9H2,1-2H3. The molecule has 1 atom stereocenters. The van der Waals surface area contributed by atoms with Crippen molar-refractivity contribution < 1.29 is 0 Å². The Morgan fingerprint density at radius 1 is 1.53 bits per heavy atom. The normalized spacial score (nSPS) is 20.6. The number of halogens is 1. The van der Waals surface area contributed by atoms with E-state index in [-0.39, 0.29) is 0 Å². The minimum absolute atomic E-state index is 0.708. The molecule has 1 unspecified atom stereocenters. The summed E-state index contributed by atoms with van der Waals surface area (Å²) in [6.45, 7) is 5.35. The van der Waals surface area contributed by atoms with Crippen LogP contribution in [0.2, 0.25) is 5.02 Å². The molecule has 1 N–H and O–H groups in total. The molecule has 0 amide bonds. The second kappa shape index (κ2) is 5.98. The first kappa shape index (κ1) is 13.1. The summed E-state index contributed by atoms with van der Waals surface area (Å²) in [4.78, 5) is 2.43. The van der Waals surface area contributed by atoms with E-state index in [4.69, 9.17) is 11.6 Å². The van der Waals surface area contributed by atoms with Crippen LogP contribution in [-0.4, -0.2) is 31.1 Å². The van der Waals surface area contributed by atoms with Gasteiger partial charge in [0.15, 0.2) is 0 Å². The van der Waals surface area contributed by atoms with Gasteiger partial charge in [0, 0.05) is 41.3 Å². The van der Waals surface area contributed by atoms with Crippen molar-refractivity contribution in [2.75, 3.05) is 30.8 Å². The zero-order valence-corrected chi connectivity index (χ0v) is 11.9. The van der Waals surface area contributed by atoms with Crippen LogP contribution in [0.3, 0.4) is 0 Å². The Kier molecular flexibility index (Phi) is 4.60. The zero-order chi connectivity index (χ0) is 12.3. The van der Waals surface area contributed by atoms with Crippen LogP contribution >= 0.6 is 23.4 Å². The molecule has 1 aliphatic heterocycles. The Balaban J connectivity index is 2.13. The third-order valence-corrected chi connectivity index (χ3v) is 4.50. The Morgan fingerprint density at radius 2 is 2.35 bits per heavy atom. The third-order valence-electron chi connectivity index (χ3n) is 3.01. The molecule has 94 valence electrons. The van der Waals surface area contributed by atoms with Crippen molar-refractivity contribution in [3.05, 3.63) is 28.8 Å². The highest BCUT2D eigenvalue weighted by atomic mass is 35.5. The molecule has 1 aromatic rings. The molecule has 0 saturated carbocycles. The minimum atomic E-state index is 0.708. The van der Waals surface area contributed by atoms with E-state index in [0.717, 1.165) is 30.2 Å². The maximum absolute atomic E-state index is 6.29.